The zero-order valence-corrected chi connectivity index (χ0v) is 21.8. The largest absolute Gasteiger partial charge is 0.493 e. The summed E-state index contributed by atoms with van der Waals surface area (Å²) in [6.07, 6.45) is 4.23. The fraction of sp³-hybridized carbons (Fsp3) is 0.552. The Kier molecular flexibility index (Phi) is 9.29. The second-order valence-corrected chi connectivity index (χ2v) is 10.0. The van der Waals surface area contributed by atoms with Crippen molar-refractivity contribution in [2.45, 2.75) is 25.7 Å². The van der Waals surface area contributed by atoms with E-state index >= 15 is 0 Å². The van der Waals surface area contributed by atoms with E-state index in [0.717, 1.165) is 103 Å². The Morgan fingerprint density at radius 3 is 1.59 bits per heavy atom. The van der Waals surface area contributed by atoms with Gasteiger partial charge >= 0.3 is 0 Å². The molecule has 200 valence electrons. The lowest BCUT2D eigenvalue weighted by Gasteiger charge is -2.26. The average molecular weight is 509 g/mol. The summed E-state index contributed by atoms with van der Waals surface area (Å²) in [5.74, 6) is 1.46. The van der Waals surface area contributed by atoms with Crippen LogP contribution in [0.3, 0.4) is 0 Å². The van der Waals surface area contributed by atoms with E-state index in [2.05, 4.69) is 20.4 Å². The third-order valence-electron chi connectivity index (χ3n) is 7.31. The molecule has 2 aliphatic heterocycles. The molecule has 2 saturated heterocycles. The first-order valence-electron chi connectivity index (χ1n) is 13.9. The fourth-order valence-corrected chi connectivity index (χ4v) is 5.12. The van der Waals surface area contributed by atoms with Crippen LogP contribution in [0.4, 0.5) is 0 Å². The number of nitrogens with one attached hydrogen (secondary N) is 2. The van der Waals surface area contributed by atoms with Crippen molar-refractivity contribution in [3.8, 4) is 11.5 Å². The Bertz CT molecular complexity index is 1110. The molecule has 8 heteroatoms. The minimum absolute atomic E-state index is 0.0265. The van der Waals surface area contributed by atoms with Crippen LogP contribution in [0.15, 0.2) is 45.6 Å². The fourth-order valence-electron chi connectivity index (χ4n) is 5.12. The van der Waals surface area contributed by atoms with E-state index < -0.39 is 0 Å². The second-order valence-electron chi connectivity index (χ2n) is 10.0. The lowest BCUT2D eigenvalue weighted by Crippen LogP contribution is -2.43. The van der Waals surface area contributed by atoms with Gasteiger partial charge in [-0.25, -0.2) is 0 Å². The van der Waals surface area contributed by atoms with Gasteiger partial charge in [-0.05, 0) is 63.0 Å². The number of unbranched alkanes of at least 4 members (excludes halogenated alkanes) is 2. The monoisotopic (exact) mass is 508 g/mol. The summed E-state index contributed by atoms with van der Waals surface area (Å²) in [7, 11) is 0. The summed E-state index contributed by atoms with van der Waals surface area (Å²) in [5, 5.41) is 7.91. The molecule has 0 radical (unpaired) electrons. The molecular weight excluding hydrogens is 468 g/mol. The molecule has 8 nitrogen and oxygen atoms in total. The Balaban J connectivity index is 1.14. The number of fused-ring (bicyclic) bond motifs is 2. The zero-order valence-electron chi connectivity index (χ0n) is 21.8. The third kappa shape index (κ3) is 7.23. The normalized spacial score (nSPS) is 17.4. The smallest absolute Gasteiger partial charge is 0.200 e. The van der Waals surface area contributed by atoms with Crippen molar-refractivity contribution in [2.75, 3.05) is 78.7 Å². The van der Waals surface area contributed by atoms with Crippen molar-refractivity contribution >= 4 is 21.9 Å². The summed E-state index contributed by atoms with van der Waals surface area (Å²) in [6, 6.07) is 11.0. The molecule has 0 bridgehead atoms. The zero-order chi connectivity index (χ0) is 25.3. The maximum absolute atomic E-state index is 13.0. The lowest BCUT2D eigenvalue weighted by atomic mass is 10.1. The molecule has 0 unspecified atom stereocenters. The van der Waals surface area contributed by atoms with Gasteiger partial charge in [0.2, 0.25) is 5.43 Å². The van der Waals surface area contributed by atoms with Crippen molar-refractivity contribution in [1.82, 2.24) is 20.4 Å². The van der Waals surface area contributed by atoms with Gasteiger partial charge in [-0.15, -0.1) is 0 Å². The topological polar surface area (TPSA) is 79.2 Å². The number of hydrogen-bond donors (Lipinski definition) is 2. The van der Waals surface area contributed by atoms with Crippen LogP contribution in [-0.4, -0.2) is 88.5 Å². The Morgan fingerprint density at radius 2 is 1.14 bits per heavy atom. The van der Waals surface area contributed by atoms with Crippen molar-refractivity contribution < 1.29 is 13.9 Å². The van der Waals surface area contributed by atoms with Crippen LogP contribution in [0.5, 0.6) is 11.5 Å². The van der Waals surface area contributed by atoms with E-state index in [1.54, 1.807) is 12.1 Å². The van der Waals surface area contributed by atoms with Gasteiger partial charge in [0, 0.05) is 64.5 Å². The molecule has 3 aromatic rings. The molecule has 0 spiro atoms. The highest BCUT2D eigenvalue weighted by atomic mass is 16.5. The molecule has 1 aromatic heterocycles. The predicted molar refractivity (Wildman–Crippen MR) is 148 cm³/mol. The van der Waals surface area contributed by atoms with E-state index in [1.807, 2.05) is 24.3 Å². The van der Waals surface area contributed by atoms with Crippen LogP contribution < -0.4 is 25.5 Å². The molecule has 0 atom stereocenters. The summed E-state index contributed by atoms with van der Waals surface area (Å²) >= 11 is 0. The highest BCUT2D eigenvalue weighted by molar-refractivity contribution is 5.90. The minimum Gasteiger partial charge on any atom is -0.493 e. The van der Waals surface area contributed by atoms with Crippen molar-refractivity contribution in [1.29, 1.82) is 0 Å². The van der Waals surface area contributed by atoms with Gasteiger partial charge in [0.25, 0.3) is 0 Å². The minimum atomic E-state index is -0.0265. The molecule has 2 aliphatic rings. The molecule has 0 aliphatic carbocycles. The second kappa shape index (κ2) is 13.2. The number of nitrogens with zero attached hydrogens (tertiary/aromatic N) is 2. The molecule has 37 heavy (non-hydrogen) atoms. The van der Waals surface area contributed by atoms with Gasteiger partial charge in [-0.2, -0.15) is 0 Å². The van der Waals surface area contributed by atoms with E-state index in [9.17, 15) is 4.79 Å². The van der Waals surface area contributed by atoms with Crippen LogP contribution in [0.1, 0.15) is 25.7 Å². The first-order chi connectivity index (χ1) is 18.3. The van der Waals surface area contributed by atoms with Crippen molar-refractivity contribution in [3.05, 3.63) is 46.6 Å². The van der Waals surface area contributed by atoms with Gasteiger partial charge in [0.1, 0.15) is 22.7 Å². The Labute approximate surface area is 218 Å². The van der Waals surface area contributed by atoms with Gasteiger partial charge in [0.15, 0.2) is 0 Å². The highest BCUT2D eigenvalue weighted by Gasteiger charge is 2.12. The molecule has 3 heterocycles. The number of rotatable bonds is 12. The van der Waals surface area contributed by atoms with Crippen LogP contribution >= 0.6 is 0 Å². The maximum atomic E-state index is 13.0. The molecule has 5 rings (SSSR count). The van der Waals surface area contributed by atoms with Gasteiger partial charge < -0.3 is 34.3 Å². The van der Waals surface area contributed by atoms with Crippen LogP contribution in [0.2, 0.25) is 0 Å². The SMILES string of the molecule is O=c1c2ccc(OCCCCN3CCNCC3)cc2oc2cc(OCCCCN3CCNCC3)ccc12. The lowest BCUT2D eigenvalue weighted by molar-refractivity contribution is 0.226. The molecular formula is C29H40N4O4. The van der Waals surface area contributed by atoms with E-state index in [1.165, 1.54) is 0 Å². The molecule has 2 N–H and O–H groups in total. The van der Waals surface area contributed by atoms with E-state index in [-0.39, 0.29) is 5.43 Å². The quantitative estimate of drug-likeness (QED) is 0.286. The number of benzene rings is 2. The number of piperazine rings is 2. The standard InChI is InChI=1S/C29H40N4O4/c34-29-25-7-5-23(35-19-3-1-13-32-15-9-30-10-16-32)21-27(25)37-28-22-24(6-8-26(28)29)36-20-4-2-14-33-17-11-31-12-18-33/h5-8,21-22,30-31H,1-4,9-20H2. The third-order valence-corrected chi connectivity index (χ3v) is 7.31. The Hall–Kier alpha value is -2.65. The molecule has 0 amide bonds. The molecule has 2 fully saturated rings. The summed E-state index contributed by atoms with van der Waals surface area (Å²) < 4.78 is 18.1. The first-order valence-corrected chi connectivity index (χ1v) is 13.9. The highest BCUT2D eigenvalue weighted by Crippen LogP contribution is 2.26. The van der Waals surface area contributed by atoms with Gasteiger partial charge in [-0.3, -0.25) is 4.79 Å². The first kappa shape index (κ1) is 26.0. The average Bonchev–Trinajstić information content (AvgIpc) is 2.94. The van der Waals surface area contributed by atoms with Crippen molar-refractivity contribution in [2.24, 2.45) is 0 Å². The number of hydrogen-bond acceptors (Lipinski definition) is 8. The summed E-state index contributed by atoms with van der Waals surface area (Å²) in [4.78, 5) is 18.0. The number of ether oxygens (including phenoxy) is 2. The van der Waals surface area contributed by atoms with E-state index in [4.69, 9.17) is 13.9 Å². The van der Waals surface area contributed by atoms with Crippen LogP contribution in [-0.2, 0) is 0 Å². The summed E-state index contributed by atoms with van der Waals surface area (Å²) in [5.41, 5.74) is 1.06. The van der Waals surface area contributed by atoms with Crippen molar-refractivity contribution in [3.63, 3.8) is 0 Å². The van der Waals surface area contributed by atoms with E-state index in [0.29, 0.717) is 35.2 Å². The Morgan fingerprint density at radius 1 is 0.676 bits per heavy atom. The van der Waals surface area contributed by atoms with Crippen LogP contribution in [0.25, 0.3) is 21.9 Å². The molecule has 0 saturated carbocycles. The van der Waals surface area contributed by atoms with Gasteiger partial charge in [-0.1, -0.05) is 0 Å². The maximum Gasteiger partial charge on any atom is 0.200 e. The van der Waals surface area contributed by atoms with Crippen LogP contribution in [0, 0.1) is 0 Å². The molecule has 2 aromatic carbocycles. The summed E-state index contributed by atoms with van der Waals surface area (Å²) in [6.45, 7) is 12.4. The van der Waals surface area contributed by atoms with Gasteiger partial charge in [0.05, 0.1) is 24.0 Å². The predicted octanol–water partition coefficient (Wildman–Crippen LogP) is 3.07.